The number of nitrogens with one attached hydrogen (secondary N) is 1. The number of hydrogen-bond acceptors (Lipinski definition) is 6. The normalized spacial score (nSPS) is 10.8. The molecule has 0 aliphatic heterocycles. The zero-order valence-corrected chi connectivity index (χ0v) is 24.1. The molecule has 4 aromatic rings. The van der Waals surface area contributed by atoms with Crippen LogP contribution in [-0.4, -0.2) is 27.0 Å². The number of halogens is 2. The van der Waals surface area contributed by atoms with E-state index in [9.17, 15) is 18.4 Å². The van der Waals surface area contributed by atoms with Crippen molar-refractivity contribution in [3.8, 4) is 22.6 Å². The third-order valence-corrected chi connectivity index (χ3v) is 6.14. The fraction of sp³-hybridized carbons (Fsp3) is 0.323. The van der Waals surface area contributed by atoms with Crippen LogP contribution in [-0.2, 0) is 19.4 Å². The summed E-state index contributed by atoms with van der Waals surface area (Å²) in [6.45, 7) is 11.7. The zero-order valence-electron chi connectivity index (χ0n) is 24.1. The summed E-state index contributed by atoms with van der Waals surface area (Å²) in [5.41, 5.74) is 9.85. The Bertz CT molecular complexity index is 1530. The van der Waals surface area contributed by atoms with Crippen molar-refractivity contribution in [1.29, 1.82) is 0 Å². The van der Waals surface area contributed by atoms with Gasteiger partial charge in [-0.15, -0.1) is 10.2 Å². The molecule has 0 radical (unpaired) electrons. The number of primary amides is 1. The molecule has 2 aromatic heterocycles. The van der Waals surface area contributed by atoms with E-state index in [4.69, 9.17) is 15.1 Å². The molecular formula is C31H35F2N5O3. The predicted octanol–water partition coefficient (Wildman–Crippen LogP) is 6.20. The number of nitrogens with zero attached hydrogens (tertiary/aromatic N) is 3. The molecule has 216 valence electrons. The number of benzene rings is 2. The Morgan fingerprint density at radius 1 is 0.976 bits per heavy atom. The Morgan fingerprint density at radius 3 is 2.20 bits per heavy atom. The summed E-state index contributed by atoms with van der Waals surface area (Å²) in [5, 5.41) is 10.8. The van der Waals surface area contributed by atoms with Crippen molar-refractivity contribution in [2.45, 2.75) is 60.9 Å². The molecule has 41 heavy (non-hydrogen) atoms. The van der Waals surface area contributed by atoms with E-state index in [0.717, 1.165) is 12.1 Å². The van der Waals surface area contributed by atoms with Gasteiger partial charge in [0.15, 0.2) is 11.6 Å². The second-order valence-electron chi connectivity index (χ2n) is 9.58. The molecule has 4 rings (SSSR count). The summed E-state index contributed by atoms with van der Waals surface area (Å²) in [6, 6.07) is 10.1. The Balaban J connectivity index is 0.00000226. The molecule has 10 heteroatoms. The van der Waals surface area contributed by atoms with Crippen LogP contribution in [0.4, 0.5) is 8.78 Å². The Hall–Kier alpha value is -4.47. The standard InChI is InChI=1S/C29H29F2N5O3.C2H6/c1-5-22-26(29-36-35-16(4)39-29)24(25(27(32)37)23(34-22)12-15(2)3)18-7-9-19(10-8-18)28(38)33-14-17-6-11-20(30)21(31)13-17;1-2/h6-11,13,15H,5,12,14H2,1-4H3,(H2,32,37)(H,33,38);1-2H3. The molecule has 0 atom stereocenters. The number of carbonyl (C=O) groups excluding carboxylic acids is 2. The zero-order chi connectivity index (χ0) is 30.3. The molecule has 2 amide bonds. The molecule has 2 aromatic carbocycles. The Kier molecular flexibility index (Phi) is 10.4. The van der Waals surface area contributed by atoms with Crippen LogP contribution in [0.1, 0.15) is 78.2 Å². The predicted molar refractivity (Wildman–Crippen MR) is 153 cm³/mol. The van der Waals surface area contributed by atoms with Crippen molar-refractivity contribution in [3.05, 3.63) is 88.1 Å². The molecule has 8 nitrogen and oxygen atoms in total. The van der Waals surface area contributed by atoms with Gasteiger partial charge in [0, 0.05) is 24.6 Å². The second-order valence-corrected chi connectivity index (χ2v) is 9.58. The largest absolute Gasteiger partial charge is 0.421 e. The van der Waals surface area contributed by atoms with Crippen LogP contribution >= 0.6 is 0 Å². The summed E-state index contributed by atoms with van der Waals surface area (Å²) in [7, 11) is 0. The van der Waals surface area contributed by atoms with Crippen LogP contribution in [0.15, 0.2) is 46.9 Å². The summed E-state index contributed by atoms with van der Waals surface area (Å²) in [4.78, 5) is 30.4. The average Bonchev–Trinajstić information content (AvgIpc) is 3.39. The van der Waals surface area contributed by atoms with E-state index >= 15 is 0 Å². The molecular weight excluding hydrogens is 528 g/mol. The highest BCUT2D eigenvalue weighted by atomic mass is 19.2. The molecule has 0 saturated heterocycles. The second kappa shape index (κ2) is 13.7. The number of hydrogen-bond donors (Lipinski definition) is 2. The van der Waals surface area contributed by atoms with Crippen molar-refractivity contribution in [2.75, 3.05) is 0 Å². The highest BCUT2D eigenvalue weighted by Crippen LogP contribution is 2.38. The van der Waals surface area contributed by atoms with Crippen molar-refractivity contribution in [1.82, 2.24) is 20.5 Å². The Labute approximate surface area is 238 Å². The quantitative estimate of drug-likeness (QED) is 0.250. The molecule has 2 heterocycles. The van der Waals surface area contributed by atoms with Crippen molar-refractivity contribution in [3.63, 3.8) is 0 Å². The number of amides is 2. The fourth-order valence-corrected chi connectivity index (χ4v) is 4.38. The SMILES string of the molecule is CC.CCc1nc(CC(C)C)c(C(N)=O)c(-c2ccc(C(=O)NCc3ccc(F)c(F)c3)cc2)c1-c1nnc(C)o1. The van der Waals surface area contributed by atoms with Gasteiger partial charge in [-0.3, -0.25) is 14.6 Å². The minimum absolute atomic E-state index is 0.0209. The smallest absolute Gasteiger partial charge is 0.251 e. The lowest BCUT2D eigenvalue weighted by Gasteiger charge is -2.19. The molecule has 0 aliphatic rings. The van der Waals surface area contributed by atoms with Gasteiger partial charge in [-0.1, -0.05) is 52.8 Å². The van der Waals surface area contributed by atoms with Crippen LogP contribution in [0.3, 0.4) is 0 Å². The third kappa shape index (κ3) is 7.19. The van der Waals surface area contributed by atoms with Crippen LogP contribution in [0.5, 0.6) is 0 Å². The number of carbonyl (C=O) groups is 2. The van der Waals surface area contributed by atoms with Gasteiger partial charge in [0.2, 0.25) is 11.8 Å². The molecule has 3 N–H and O–H groups in total. The van der Waals surface area contributed by atoms with Crippen LogP contribution in [0.2, 0.25) is 0 Å². The maximum atomic E-state index is 13.5. The molecule has 0 spiro atoms. The van der Waals surface area contributed by atoms with Crippen LogP contribution < -0.4 is 11.1 Å². The van der Waals surface area contributed by atoms with E-state index in [1.165, 1.54) is 6.07 Å². The Morgan fingerprint density at radius 2 is 1.66 bits per heavy atom. The first-order valence-electron chi connectivity index (χ1n) is 13.6. The first-order chi connectivity index (χ1) is 19.6. The van der Waals surface area contributed by atoms with Gasteiger partial charge in [-0.25, -0.2) is 8.78 Å². The maximum absolute atomic E-state index is 13.5. The number of pyridine rings is 1. The van der Waals surface area contributed by atoms with E-state index in [2.05, 4.69) is 15.5 Å². The van der Waals surface area contributed by atoms with E-state index in [0.29, 0.717) is 57.9 Å². The first-order valence-corrected chi connectivity index (χ1v) is 13.6. The molecule has 0 aliphatic carbocycles. The van der Waals surface area contributed by atoms with Crippen LogP contribution in [0.25, 0.3) is 22.6 Å². The number of rotatable bonds is 9. The van der Waals surface area contributed by atoms with Crippen LogP contribution in [0, 0.1) is 24.5 Å². The van der Waals surface area contributed by atoms with Crippen molar-refractivity contribution < 1.29 is 22.8 Å². The number of nitrogens with two attached hydrogens (primary N) is 1. The average molecular weight is 564 g/mol. The summed E-state index contributed by atoms with van der Waals surface area (Å²) in [6.07, 6.45) is 1.07. The highest BCUT2D eigenvalue weighted by molar-refractivity contribution is 6.05. The topological polar surface area (TPSA) is 124 Å². The minimum Gasteiger partial charge on any atom is -0.421 e. The van der Waals surface area contributed by atoms with E-state index in [1.807, 2.05) is 34.6 Å². The lowest BCUT2D eigenvalue weighted by atomic mass is 9.88. The number of aryl methyl sites for hydroxylation is 2. The lowest BCUT2D eigenvalue weighted by Crippen LogP contribution is -2.23. The van der Waals surface area contributed by atoms with Gasteiger partial charge >= 0.3 is 0 Å². The van der Waals surface area contributed by atoms with Crippen molar-refractivity contribution >= 4 is 11.8 Å². The molecule has 0 fully saturated rings. The lowest BCUT2D eigenvalue weighted by molar-refractivity contribution is 0.0949. The minimum atomic E-state index is -0.982. The first kappa shape index (κ1) is 31.1. The van der Waals surface area contributed by atoms with E-state index < -0.39 is 23.4 Å². The highest BCUT2D eigenvalue weighted by Gasteiger charge is 2.27. The van der Waals surface area contributed by atoms with E-state index in [-0.39, 0.29) is 23.9 Å². The molecule has 0 unspecified atom stereocenters. The van der Waals surface area contributed by atoms with E-state index in [1.54, 1.807) is 31.2 Å². The molecule has 0 saturated carbocycles. The van der Waals surface area contributed by atoms with Gasteiger partial charge in [0.25, 0.3) is 11.8 Å². The molecule has 0 bridgehead atoms. The van der Waals surface area contributed by atoms with Gasteiger partial charge in [0.05, 0.1) is 22.5 Å². The van der Waals surface area contributed by atoms with Crippen molar-refractivity contribution in [2.24, 2.45) is 11.7 Å². The monoisotopic (exact) mass is 563 g/mol. The third-order valence-electron chi connectivity index (χ3n) is 6.14. The van der Waals surface area contributed by atoms with Gasteiger partial charge < -0.3 is 15.5 Å². The number of aromatic nitrogens is 3. The van der Waals surface area contributed by atoms with Gasteiger partial charge in [0.1, 0.15) is 0 Å². The summed E-state index contributed by atoms with van der Waals surface area (Å²) < 4.78 is 32.4. The van der Waals surface area contributed by atoms with Gasteiger partial charge in [-0.05, 0) is 54.2 Å². The van der Waals surface area contributed by atoms with Gasteiger partial charge in [-0.2, -0.15) is 0 Å². The maximum Gasteiger partial charge on any atom is 0.251 e. The fourth-order valence-electron chi connectivity index (χ4n) is 4.38. The summed E-state index contributed by atoms with van der Waals surface area (Å²) >= 11 is 0. The summed E-state index contributed by atoms with van der Waals surface area (Å²) in [5.74, 6) is -2.18.